The molecule has 6 heteroatoms. The molecule has 0 amide bonds. The Kier molecular flexibility index (Phi) is 5.23. The van der Waals surface area contributed by atoms with Crippen LogP contribution in [-0.2, 0) is 0 Å². The molecule has 26 heavy (non-hydrogen) atoms. The Morgan fingerprint density at radius 3 is 2.08 bits per heavy atom. The maximum absolute atomic E-state index is 10.9. The first-order valence-corrected chi connectivity index (χ1v) is 8.22. The van der Waals surface area contributed by atoms with E-state index in [2.05, 4.69) is 5.32 Å². The van der Waals surface area contributed by atoms with Crippen molar-refractivity contribution in [2.24, 2.45) is 0 Å². The molecule has 0 bridgehead atoms. The number of benzene rings is 2. The van der Waals surface area contributed by atoms with Gasteiger partial charge >= 0.3 is 0 Å². The topological polar surface area (TPSA) is 69.2 Å². The molecule has 3 rings (SSSR count). The van der Waals surface area contributed by atoms with Crippen LogP contribution in [0, 0.1) is 0 Å². The minimum absolute atomic E-state index is 0.332. The Balaban J connectivity index is 1.92. The SMILES string of the molecule is COc1ccc(N[C@@H]2C=Cc3c(OC)ccc(OC)c3[C@H]2O)cc1OC. The molecule has 2 atom stereocenters. The van der Waals surface area contributed by atoms with Gasteiger partial charge in [0.15, 0.2) is 11.5 Å². The molecule has 0 radical (unpaired) electrons. The van der Waals surface area contributed by atoms with E-state index < -0.39 is 6.10 Å². The maximum Gasteiger partial charge on any atom is 0.162 e. The van der Waals surface area contributed by atoms with Crippen molar-refractivity contribution in [3.63, 3.8) is 0 Å². The molecule has 1 aliphatic carbocycles. The standard InChI is InChI=1S/C20H23NO5/c1-23-15-9-10-17(25-3)19-13(15)6-7-14(20(19)22)21-12-5-8-16(24-2)18(11-12)26-4/h5-11,14,20-22H,1-4H3/t14-,20+/m1/s1. The summed E-state index contributed by atoms with van der Waals surface area (Å²) in [7, 11) is 6.37. The van der Waals surface area contributed by atoms with Gasteiger partial charge in [0.2, 0.25) is 0 Å². The molecule has 0 aromatic heterocycles. The van der Waals surface area contributed by atoms with Crippen LogP contribution in [0.15, 0.2) is 36.4 Å². The smallest absolute Gasteiger partial charge is 0.162 e. The van der Waals surface area contributed by atoms with Gasteiger partial charge in [-0.1, -0.05) is 12.2 Å². The fourth-order valence-corrected chi connectivity index (χ4v) is 3.16. The molecule has 0 heterocycles. The van der Waals surface area contributed by atoms with Crippen molar-refractivity contribution in [3.8, 4) is 23.0 Å². The van der Waals surface area contributed by atoms with Crippen LogP contribution < -0.4 is 24.3 Å². The number of hydrogen-bond donors (Lipinski definition) is 2. The fraction of sp³-hybridized carbons (Fsp3) is 0.300. The van der Waals surface area contributed by atoms with Gasteiger partial charge in [-0.15, -0.1) is 0 Å². The maximum atomic E-state index is 10.9. The highest BCUT2D eigenvalue weighted by Gasteiger charge is 2.29. The third-order valence-electron chi connectivity index (χ3n) is 4.47. The quantitative estimate of drug-likeness (QED) is 0.827. The lowest BCUT2D eigenvalue weighted by Gasteiger charge is -2.29. The summed E-state index contributed by atoms with van der Waals surface area (Å²) in [5.74, 6) is 2.58. The fourth-order valence-electron chi connectivity index (χ4n) is 3.16. The van der Waals surface area contributed by atoms with E-state index in [0.29, 0.717) is 28.6 Å². The number of aliphatic hydroxyl groups excluding tert-OH is 1. The summed E-state index contributed by atoms with van der Waals surface area (Å²) in [5.41, 5.74) is 2.33. The monoisotopic (exact) mass is 357 g/mol. The second-order valence-electron chi connectivity index (χ2n) is 5.84. The van der Waals surface area contributed by atoms with E-state index in [1.54, 1.807) is 34.5 Å². The van der Waals surface area contributed by atoms with Gasteiger partial charge in [-0.3, -0.25) is 0 Å². The zero-order valence-corrected chi connectivity index (χ0v) is 15.3. The zero-order valence-electron chi connectivity index (χ0n) is 15.3. The molecule has 0 saturated heterocycles. The van der Waals surface area contributed by atoms with Crippen molar-refractivity contribution >= 4 is 11.8 Å². The highest BCUT2D eigenvalue weighted by Crippen LogP contribution is 2.41. The van der Waals surface area contributed by atoms with Crippen LogP contribution in [0.3, 0.4) is 0 Å². The summed E-state index contributed by atoms with van der Waals surface area (Å²) in [6.07, 6.45) is 3.04. The Labute approximate surface area is 153 Å². The van der Waals surface area contributed by atoms with Gasteiger partial charge in [0.25, 0.3) is 0 Å². The van der Waals surface area contributed by atoms with Crippen molar-refractivity contribution in [1.29, 1.82) is 0 Å². The molecule has 2 N–H and O–H groups in total. The van der Waals surface area contributed by atoms with E-state index in [1.165, 1.54) is 0 Å². The van der Waals surface area contributed by atoms with Gasteiger partial charge in [0, 0.05) is 22.9 Å². The summed E-state index contributed by atoms with van der Waals surface area (Å²) >= 11 is 0. The molecular formula is C20H23NO5. The second-order valence-corrected chi connectivity index (χ2v) is 5.84. The van der Waals surface area contributed by atoms with Gasteiger partial charge in [-0.05, 0) is 24.3 Å². The molecule has 0 aliphatic heterocycles. The molecule has 0 fully saturated rings. The van der Waals surface area contributed by atoms with E-state index in [4.69, 9.17) is 18.9 Å². The van der Waals surface area contributed by atoms with Crippen LogP contribution in [0.1, 0.15) is 17.2 Å². The first kappa shape index (κ1) is 17.9. The Hall–Kier alpha value is -2.86. The average Bonchev–Trinajstić information content (AvgIpc) is 2.69. The average molecular weight is 357 g/mol. The largest absolute Gasteiger partial charge is 0.496 e. The molecule has 0 spiro atoms. The van der Waals surface area contributed by atoms with Crippen LogP contribution in [0.4, 0.5) is 5.69 Å². The summed E-state index contributed by atoms with van der Waals surface area (Å²) in [5, 5.41) is 14.3. The van der Waals surface area contributed by atoms with E-state index in [0.717, 1.165) is 11.3 Å². The minimum atomic E-state index is -0.798. The lowest BCUT2D eigenvalue weighted by Crippen LogP contribution is -2.28. The summed E-state index contributed by atoms with van der Waals surface area (Å²) < 4.78 is 21.4. The molecule has 0 saturated carbocycles. The van der Waals surface area contributed by atoms with Gasteiger partial charge in [-0.2, -0.15) is 0 Å². The molecule has 0 unspecified atom stereocenters. The Bertz CT molecular complexity index is 818. The molecule has 6 nitrogen and oxygen atoms in total. The second kappa shape index (κ2) is 7.58. The molecule has 1 aliphatic rings. The molecule has 2 aromatic carbocycles. The van der Waals surface area contributed by atoms with Crippen molar-refractivity contribution in [1.82, 2.24) is 0 Å². The Morgan fingerprint density at radius 2 is 1.42 bits per heavy atom. The lowest BCUT2D eigenvalue weighted by atomic mass is 9.89. The highest BCUT2D eigenvalue weighted by atomic mass is 16.5. The summed E-state index contributed by atoms with van der Waals surface area (Å²) in [4.78, 5) is 0. The predicted octanol–water partition coefficient (Wildman–Crippen LogP) is 3.26. The number of hydrogen-bond acceptors (Lipinski definition) is 6. The molecular weight excluding hydrogens is 334 g/mol. The normalized spacial score (nSPS) is 18.0. The van der Waals surface area contributed by atoms with Crippen molar-refractivity contribution < 1.29 is 24.1 Å². The van der Waals surface area contributed by atoms with E-state index in [1.807, 2.05) is 36.4 Å². The van der Waals surface area contributed by atoms with Crippen LogP contribution in [0.25, 0.3) is 6.08 Å². The molecule has 2 aromatic rings. The number of ether oxygens (including phenoxy) is 4. The number of aliphatic hydroxyl groups is 1. The summed E-state index contributed by atoms with van der Waals surface area (Å²) in [6.45, 7) is 0. The van der Waals surface area contributed by atoms with E-state index in [9.17, 15) is 5.11 Å². The zero-order chi connectivity index (χ0) is 18.7. The van der Waals surface area contributed by atoms with Crippen LogP contribution in [-0.4, -0.2) is 39.6 Å². The van der Waals surface area contributed by atoms with E-state index in [-0.39, 0.29) is 6.04 Å². The third kappa shape index (κ3) is 3.15. The first-order chi connectivity index (χ1) is 12.6. The van der Waals surface area contributed by atoms with Crippen LogP contribution in [0.5, 0.6) is 23.0 Å². The first-order valence-electron chi connectivity index (χ1n) is 8.22. The van der Waals surface area contributed by atoms with Crippen molar-refractivity contribution in [2.45, 2.75) is 12.1 Å². The number of fused-ring (bicyclic) bond motifs is 1. The number of methoxy groups -OCH3 is 4. The van der Waals surface area contributed by atoms with Crippen molar-refractivity contribution in [3.05, 3.63) is 47.5 Å². The van der Waals surface area contributed by atoms with E-state index >= 15 is 0 Å². The van der Waals surface area contributed by atoms with Crippen LogP contribution >= 0.6 is 0 Å². The van der Waals surface area contributed by atoms with Crippen LogP contribution in [0.2, 0.25) is 0 Å². The molecule has 138 valence electrons. The minimum Gasteiger partial charge on any atom is -0.496 e. The van der Waals surface area contributed by atoms with Gasteiger partial charge in [-0.25, -0.2) is 0 Å². The number of anilines is 1. The van der Waals surface area contributed by atoms with Gasteiger partial charge in [0.05, 0.1) is 34.5 Å². The third-order valence-corrected chi connectivity index (χ3v) is 4.47. The number of rotatable bonds is 6. The summed E-state index contributed by atoms with van der Waals surface area (Å²) in [6, 6.07) is 8.82. The number of nitrogens with one attached hydrogen (secondary N) is 1. The van der Waals surface area contributed by atoms with Gasteiger partial charge < -0.3 is 29.4 Å². The predicted molar refractivity (Wildman–Crippen MR) is 100 cm³/mol. The van der Waals surface area contributed by atoms with Crippen molar-refractivity contribution in [2.75, 3.05) is 33.8 Å². The highest BCUT2D eigenvalue weighted by molar-refractivity contribution is 5.70. The lowest BCUT2D eigenvalue weighted by molar-refractivity contribution is 0.163. The van der Waals surface area contributed by atoms with Gasteiger partial charge in [0.1, 0.15) is 17.6 Å². The Morgan fingerprint density at radius 1 is 0.808 bits per heavy atom.